The Morgan fingerprint density at radius 3 is 2.29 bits per heavy atom. The molecule has 0 saturated heterocycles. The van der Waals surface area contributed by atoms with E-state index in [0.717, 1.165) is 77.0 Å². The van der Waals surface area contributed by atoms with Crippen molar-refractivity contribution in [2.45, 2.75) is 137 Å². The van der Waals surface area contributed by atoms with E-state index in [-0.39, 0.29) is 41.6 Å². The number of nitrogens with one attached hydrogen (secondary N) is 1. The standard InChI is InChI=1S/C29H51NO5/c1-7-10-14-21-19-23(15-16-24(21)26(32)34-9-3)30-27(33)29(17-11-12-18-29)20-22(13-8-2)25(31)35-28(4,5)6/h21-24H,7-20H2,1-6H3,(H,30,33)/t21-,22?,23+,24-/m1/s1. The number of rotatable bonds is 12. The van der Waals surface area contributed by atoms with Crippen molar-refractivity contribution >= 4 is 17.8 Å². The number of carbonyl (C=O) groups is 3. The number of unbranched alkanes of at least 4 members (excludes halogenated alkanes) is 1. The highest BCUT2D eigenvalue weighted by atomic mass is 16.6. The minimum Gasteiger partial charge on any atom is -0.466 e. The zero-order valence-electron chi connectivity index (χ0n) is 23.3. The van der Waals surface area contributed by atoms with Crippen molar-refractivity contribution in [3.8, 4) is 0 Å². The van der Waals surface area contributed by atoms with Crippen LogP contribution >= 0.6 is 0 Å². The SMILES string of the molecule is CCCC[C@@H]1C[C@@H](NC(=O)C2(CC(CCC)C(=O)OC(C)(C)C)CCCC2)CC[C@H]1C(=O)OCC. The van der Waals surface area contributed by atoms with Crippen LogP contribution in [-0.2, 0) is 23.9 Å². The lowest BCUT2D eigenvalue weighted by molar-refractivity contribution is -0.162. The van der Waals surface area contributed by atoms with E-state index in [2.05, 4.69) is 19.2 Å². The van der Waals surface area contributed by atoms with E-state index in [0.29, 0.717) is 13.0 Å². The fourth-order valence-corrected chi connectivity index (χ4v) is 6.16. The first-order valence-electron chi connectivity index (χ1n) is 14.3. The van der Waals surface area contributed by atoms with Crippen molar-refractivity contribution in [3.63, 3.8) is 0 Å². The third kappa shape index (κ3) is 8.78. The van der Waals surface area contributed by atoms with Crippen molar-refractivity contribution in [2.75, 3.05) is 6.61 Å². The van der Waals surface area contributed by atoms with Crippen molar-refractivity contribution in [1.82, 2.24) is 5.32 Å². The topological polar surface area (TPSA) is 81.7 Å². The Balaban J connectivity index is 2.10. The minimum atomic E-state index is -0.529. The van der Waals surface area contributed by atoms with Gasteiger partial charge in [0.15, 0.2) is 0 Å². The van der Waals surface area contributed by atoms with Crippen molar-refractivity contribution in [1.29, 1.82) is 0 Å². The third-order valence-electron chi connectivity index (χ3n) is 7.89. The Morgan fingerprint density at radius 1 is 1.03 bits per heavy atom. The Labute approximate surface area is 213 Å². The van der Waals surface area contributed by atoms with Gasteiger partial charge < -0.3 is 14.8 Å². The summed E-state index contributed by atoms with van der Waals surface area (Å²) < 4.78 is 11.1. The molecule has 0 aromatic rings. The molecule has 2 aliphatic rings. The van der Waals surface area contributed by atoms with E-state index in [9.17, 15) is 14.4 Å². The van der Waals surface area contributed by atoms with Crippen LogP contribution in [0.25, 0.3) is 0 Å². The van der Waals surface area contributed by atoms with Gasteiger partial charge >= 0.3 is 11.9 Å². The molecule has 202 valence electrons. The summed E-state index contributed by atoms with van der Waals surface area (Å²) in [5.41, 5.74) is -1.02. The number of hydrogen-bond acceptors (Lipinski definition) is 5. The molecule has 0 bridgehead atoms. The van der Waals surface area contributed by atoms with Crippen molar-refractivity contribution in [3.05, 3.63) is 0 Å². The first-order valence-corrected chi connectivity index (χ1v) is 14.3. The van der Waals surface area contributed by atoms with Crippen molar-refractivity contribution < 1.29 is 23.9 Å². The van der Waals surface area contributed by atoms with E-state index >= 15 is 0 Å². The molecule has 0 aromatic heterocycles. The fraction of sp³-hybridized carbons (Fsp3) is 0.897. The molecule has 0 aromatic carbocycles. The number of esters is 2. The number of ether oxygens (including phenoxy) is 2. The molecule has 1 unspecified atom stereocenters. The van der Waals surface area contributed by atoms with Crippen LogP contribution in [0, 0.1) is 23.2 Å². The van der Waals surface area contributed by atoms with Gasteiger partial charge in [-0.3, -0.25) is 14.4 Å². The van der Waals surface area contributed by atoms with E-state index in [1.807, 2.05) is 27.7 Å². The third-order valence-corrected chi connectivity index (χ3v) is 7.89. The van der Waals surface area contributed by atoms with E-state index in [4.69, 9.17) is 9.47 Å². The van der Waals surface area contributed by atoms with Crippen LogP contribution in [0.5, 0.6) is 0 Å². The Kier molecular flexibility index (Phi) is 11.6. The fourth-order valence-electron chi connectivity index (χ4n) is 6.16. The molecule has 2 saturated carbocycles. The molecule has 35 heavy (non-hydrogen) atoms. The van der Waals surface area contributed by atoms with Crippen LogP contribution in [0.15, 0.2) is 0 Å². The molecule has 6 nitrogen and oxygen atoms in total. The molecule has 4 atom stereocenters. The van der Waals surface area contributed by atoms with Gasteiger partial charge in [-0.1, -0.05) is 46.0 Å². The first-order chi connectivity index (χ1) is 16.5. The highest BCUT2D eigenvalue weighted by Crippen LogP contribution is 2.45. The molecule has 2 fully saturated rings. The van der Waals surface area contributed by atoms with E-state index in [1.165, 1.54) is 0 Å². The number of amides is 1. The molecule has 0 heterocycles. The molecule has 0 spiro atoms. The first kappa shape index (κ1) is 29.6. The van der Waals surface area contributed by atoms with Crippen LogP contribution in [0.1, 0.15) is 125 Å². The van der Waals surface area contributed by atoms with Gasteiger partial charge in [0, 0.05) is 6.04 Å². The van der Waals surface area contributed by atoms with Crippen LogP contribution in [0.4, 0.5) is 0 Å². The Hall–Kier alpha value is -1.59. The average Bonchev–Trinajstić information content (AvgIpc) is 3.26. The second kappa shape index (κ2) is 13.6. The van der Waals surface area contributed by atoms with Gasteiger partial charge in [0.2, 0.25) is 5.91 Å². The van der Waals surface area contributed by atoms with Gasteiger partial charge in [0.05, 0.1) is 23.9 Å². The lowest BCUT2D eigenvalue weighted by Crippen LogP contribution is -2.49. The van der Waals surface area contributed by atoms with E-state index in [1.54, 1.807) is 0 Å². The highest BCUT2D eigenvalue weighted by molar-refractivity contribution is 5.84. The summed E-state index contributed by atoms with van der Waals surface area (Å²) in [4.78, 5) is 39.3. The second-order valence-electron chi connectivity index (χ2n) is 12.0. The maximum absolute atomic E-state index is 13.8. The quantitative estimate of drug-likeness (QED) is 0.320. The second-order valence-corrected chi connectivity index (χ2v) is 12.0. The summed E-state index contributed by atoms with van der Waals surface area (Å²) in [6, 6.07) is 0.0821. The molecular formula is C29H51NO5. The van der Waals surface area contributed by atoms with Crippen LogP contribution < -0.4 is 5.32 Å². The summed E-state index contributed by atoms with van der Waals surface area (Å²) in [5.74, 6) is -0.204. The molecule has 0 aliphatic heterocycles. The summed E-state index contributed by atoms with van der Waals surface area (Å²) in [6.45, 7) is 12.2. The van der Waals surface area contributed by atoms with Crippen LogP contribution in [-0.4, -0.2) is 36.1 Å². The molecule has 1 amide bonds. The van der Waals surface area contributed by atoms with Gasteiger partial charge in [-0.25, -0.2) is 0 Å². The van der Waals surface area contributed by atoms with Crippen LogP contribution in [0.3, 0.4) is 0 Å². The number of hydrogen-bond donors (Lipinski definition) is 1. The van der Waals surface area contributed by atoms with Crippen molar-refractivity contribution in [2.24, 2.45) is 23.2 Å². The predicted molar refractivity (Wildman–Crippen MR) is 139 cm³/mol. The normalized spacial score (nSPS) is 25.0. The largest absolute Gasteiger partial charge is 0.466 e. The maximum Gasteiger partial charge on any atom is 0.309 e. The average molecular weight is 494 g/mol. The van der Waals surface area contributed by atoms with Gasteiger partial charge in [-0.05, 0) is 85.0 Å². The zero-order chi connectivity index (χ0) is 26.1. The van der Waals surface area contributed by atoms with E-state index < -0.39 is 11.0 Å². The lowest BCUT2D eigenvalue weighted by atomic mass is 9.73. The lowest BCUT2D eigenvalue weighted by Gasteiger charge is -2.38. The van der Waals surface area contributed by atoms with Crippen LogP contribution in [0.2, 0.25) is 0 Å². The monoisotopic (exact) mass is 493 g/mol. The molecule has 2 rings (SSSR count). The minimum absolute atomic E-state index is 0.0591. The Morgan fingerprint density at radius 2 is 1.71 bits per heavy atom. The maximum atomic E-state index is 13.8. The van der Waals surface area contributed by atoms with Gasteiger partial charge in [-0.15, -0.1) is 0 Å². The molecule has 6 heteroatoms. The summed E-state index contributed by atoms with van der Waals surface area (Å²) in [6.07, 6.45) is 11.5. The molecule has 1 N–H and O–H groups in total. The molecule has 0 radical (unpaired) electrons. The predicted octanol–water partition coefficient (Wildman–Crippen LogP) is 6.35. The smallest absolute Gasteiger partial charge is 0.309 e. The molecule has 2 aliphatic carbocycles. The highest BCUT2D eigenvalue weighted by Gasteiger charge is 2.46. The summed E-state index contributed by atoms with van der Waals surface area (Å²) in [7, 11) is 0. The summed E-state index contributed by atoms with van der Waals surface area (Å²) >= 11 is 0. The Bertz CT molecular complexity index is 692. The van der Waals surface area contributed by atoms with Gasteiger partial charge in [0.1, 0.15) is 5.60 Å². The zero-order valence-corrected chi connectivity index (χ0v) is 23.3. The van der Waals surface area contributed by atoms with Gasteiger partial charge in [-0.2, -0.15) is 0 Å². The molecular weight excluding hydrogens is 442 g/mol. The summed E-state index contributed by atoms with van der Waals surface area (Å²) in [5, 5.41) is 3.39. The number of carbonyl (C=O) groups excluding carboxylic acids is 3. The van der Waals surface area contributed by atoms with Gasteiger partial charge in [0.25, 0.3) is 0 Å².